The van der Waals surface area contributed by atoms with Crippen molar-refractivity contribution in [3.05, 3.63) is 0 Å². The molecule has 3 N–H and O–H groups in total. The van der Waals surface area contributed by atoms with Gasteiger partial charge in [0.1, 0.15) is 10.1 Å². The molecule has 0 bridgehead atoms. The first-order chi connectivity index (χ1) is 6.31. The van der Waals surface area contributed by atoms with Gasteiger partial charge in [-0.2, -0.15) is 0 Å². The summed E-state index contributed by atoms with van der Waals surface area (Å²) in [6, 6.07) is 0. The van der Waals surface area contributed by atoms with Crippen molar-refractivity contribution < 1.29 is 18.7 Å². The summed E-state index contributed by atoms with van der Waals surface area (Å²) in [5.41, 5.74) is 3.40. The van der Waals surface area contributed by atoms with Crippen molar-refractivity contribution in [2.24, 2.45) is 5.41 Å². The second-order valence-corrected chi connectivity index (χ2v) is 5.53. The molecule has 0 aromatic rings. The number of rotatable bonds is 6. The fourth-order valence-electron chi connectivity index (χ4n) is 1.77. The lowest BCUT2D eigenvalue weighted by Gasteiger charge is -2.32. The van der Waals surface area contributed by atoms with Gasteiger partial charge in [0, 0.05) is 6.42 Å². The third-order valence-electron chi connectivity index (χ3n) is 3.32. The van der Waals surface area contributed by atoms with Gasteiger partial charge in [0.2, 0.25) is 0 Å². The van der Waals surface area contributed by atoms with Crippen LogP contribution in [0.25, 0.3) is 0 Å². The largest absolute Gasteiger partial charge is 0.743 e. The standard InChI is InChI=1S/C9H21NO3S/c1-4-9(5-2,6-3)7-8(10)14(11,12)13/h8H,4-7,10H2,1-3H3,(H,11,12,13). The first-order valence-electron chi connectivity index (χ1n) is 5.09. The van der Waals surface area contributed by atoms with Gasteiger partial charge >= 0.3 is 0 Å². The van der Waals surface area contributed by atoms with Crippen LogP contribution in [-0.2, 0) is 10.1 Å². The number of hydrogen-bond donors (Lipinski definition) is 1. The van der Waals surface area contributed by atoms with Gasteiger partial charge in [0.15, 0.2) is 5.37 Å². The van der Waals surface area contributed by atoms with Crippen molar-refractivity contribution >= 4 is 10.1 Å². The summed E-state index contributed by atoms with van der Waals surface area (Å²) in [5, 5.41) is -1.01. The van der Waals surface area contributed by atoms with Crippen LogP contribution < -0.4 is 5.73 Å². The Kier molecular flexibility index (Phi) is 5.05. The molecule has 0 saturated heterocycles. The maximum atomic E-state index is 10.7. The molecule has 0 aromatic heterocycles. The van der Waals surface area contributed by atoms with Crippen molar-refractivity contribution in [2.75, 3.05) is 0 Å². The van der Waals surface area contributed by atoms with E-state index in [2.05, 4.69) is 5.73 Å². The van der Waals surface area contributed by atoms with Gasteiger partial charge in [0.05, 0.1) is 0 Å². The summed E-state index contributed by atoms with van der Waals surface area (Å²) in [7, 11) is -4.23. The Morgan fingerprint density at radius 3 is 1.79 bits per heavy atom. The summed E-state index contributed by atoms with van der Waals surface area (Å²) in [6.07, 6.45) is 3.05. The van der Waals surface area contributed by atoms with Gasteiger partial charge in [0.25, 0.3) is 0 Å². The van der Waals surface area contributed by atoms with E-state index in [1.807, 2.05) is 20.8 Å². The molecular weight excluding hydrogens is 202 g/mol. The Balaban J connectivity index is 4.61. The molecule has 0 spiro atoms. The van der Waals surface area contributed by atoms with Crippen LogP contribution in [0.5, 0.6) is 0 Å². The highest BCUT2D eigenvalue weighted by atomic mass is 32.2. The normalized spacial score (nSPS) is 15.5. The molecule has 0 aliphatic rings. The Labute approximate surface area is 86.6 Å². The lowest BCUT2D eigenvalue weighted by Crippen LogP contribution is -2.66. The molecule has 0 radical (unpaired) electrons. The monoisotopic (exact) mass is 223 g/mol. The minimum Gasteiger partial charge on any atom is -0.743 e. The van der Waals surface area contributed by atoms with E-state index in [1.165, 1.54) is 0 Å². The lowest BCUT2D eigenvalue weighted by molar-refractivity contribution is -0.396. The van der Waals surface area contributed by atoms with Crippen molar-refractivity contribution in [3.8, 4) is 0 Å². The Hall–Kier alpha value is -0.130. The van der Waals surface area contributed by atoms with Crippen molar-refractivity contribution in [1.82, 2.24) is 0 Å². The zero-order chi connectivity index (χ0) is 11.4. The second kappa shape index (κ2) is 5.09. The molecule has 0 rings (SSSR count). The third-order valence-corrected chi connectivity index (χ3v) is 4.30. The first kappa shape index (κ1) is 13.9. The predicted molar refractivity (Wildman–Crippen MR) is 54.3 cm³/mol. The van der Waals surface area contributed by atoms with Crippen LogP contribution in [0.4, 0.5) is 0 Å². The lowest BCUT2D eigenvalue weighted by atomic mass is 9.77. The van der Waals surface area contributed by atoms with Crippen molar-refractivity contribution in [1.29, 1.82) is 0 Å². The third kappa shape index (κ3) is 3.55. The molecule has 86 valence electrons. The number of quaternary nitrogens is 1. The molecule has 0 aromatic carbocycles. The minimum atomic E-state index is -4.23. The molecule has 4 nitrogen and oxygen atoms in total. The zero-order valence-corrected chi connectivity index (χ0v) is 10.1. The van der Waals surface area contributed by atoms with E-state index in [-0.39, 0.29) is 5.41 Å². The van der Waals surface area contributed by atoms with Gasteiger partial charge in [-0.1, -0.05) is 40.0 Å². The van der Waals surface area contributed by atoms with Crippen LogP contribution >= 0.6 is 0 Å². The summed E-state index contributed by atoms with van der Waals surface area (Å²) in [5.74, 6) is 0. The first-order valence-corrected chi connectivity index (χ1v) is 6.56. The van der Waals surface area contributed by atoms with Crippen LogP contribution in [0, 0.1) is 5.41 Å². The molecule has 1 atom stereocenters. The Morgan fingerprint density at radius 2 is 1.57 bits per heavy atom. The van der Waals surface area contributed by atoms with Crippen molar-refractivity contribution in [3.63, 3.8) is 0 Å². The molecular formula is C9H21NO3S. The summed E-state index contributed by atoms with van der Waals surface area (Å²) in [6.45, 7) is 6.07. The summed E-state index contributed by atoms with van der Waals surface area (Å²) in [4.78, 5) is 0. The fourth-order valence-corrected chi connectivity index (χ4v) is 2.33. The van der Waals surface area contributed by atoms with E-state index in [1.54, 1.807) is 0 Å². The Morgan fingerprint density at radius 1 is 1.21 bits per heavy atom. The topological polar surface area (TPSA) is 84.8 Å². The Bertz CT molecular complexity index is 249. The number of hydrogen-bond acceptors (Lipinski definition) is 3. The molecule has 0 fully saturated rings. The van der Waals surface area contributed by atoms with E-state index in [0.717, 1.165) is 19.3 Å². The average Bonchev–Trinajstić information content (AvgIpc) is 2.12. The molecule has 0 saturated carbocycles. The quantitative estimate of drug-likeness (QED) is 0.673. The molecule has 0 aliphatic heterocycles. The minimum absolute atomic E-state index is 0.0378. The predicted octanol–water partition coefficient (Wildman–Crippen LogP) is 0.706. The molecule has 0 heterocycles. The highest BCUT2D eigenvalue weighted by Crippen LogP contribution is 2.35. The van der Waals surface area contributed by atoms with Crippen LogP contribution in [0.2, 0.25) is 0 Å². The highest BCUT2D eigenvalue weighted by molar-refractivity contribution is 7.86. The smallest absolute Gasteiger partial charge is 0.175 e. The van der Waals surface area contributed by atoms with Crippen LogP contribution in [0.3, 0.4) is 0 Å². The average molecular weight is 223 g/mol. The summed E-state index contributed by atoms with van der Waals surface area (Å²) < 4.78 is 32.2. The zero-order valence-electron chi connectivity index (χ0n) is 9.25. The van der Waals surface area contributed by atoms with E-state index < -0.39 is 15.5 Å². The van der Waals surface area contributed by atoms with Gasteiger partial charge in [-0.15, -0.1) is 0 Å². The van der Waals surface area contributed by atoms with Gasteiger partial charge in [-0.05, 0) is 5.41 Å². The molecule has 5 heteroatoms. The van der Waals surface area contributed by atoms with Gasteiger partial charge < -0.3 is 10.3 Å². The van der Waals surface area contributed by atoms with E-state index in [0.29, 0.717) is 6.42 Å². The fraction of sp³-hybridized carbons (Fsp3) is 1.00. The molecule has 0 aliphatic carbocycles. The van der Waals surface area contributed by atoms with Crippen LogP contribution in [0.1, 0.15) is 46.5 Å². The van der Waals surface area contributed by atoms with Crippen LogP contribution in [-0.4, -0.2) is 18.3 Å². The van der Waals surface area contributed by atoms with Gasteiger partial charge in [-0.3, -0.25) is 0 Å². The molecule has 0 amide bonds. The molecule has 1 unspecified atom stereocenters. The SMILES string of the molecule is CCC(CC)(CC)CC([NH3+])S(=O)(=O)[O-]. The van der Waals surface area contributed by atoms with E-state index in [9.17, 15) is 13.0 Å². The van der Waals surface area contributed by atoms with Crippen molar-refractivity contribution in [2.45, 2.75) is 51.8 Å². The van der Waals surface area contributed by atoms with E-state index in [4.69, 9.17) is 0 Å². The summed E-state index contributed by atoms with van der Waals surface area (Å²) >= 11 is 0. The van der Waals surface area contributed by atoms with Gasteiger partial charge in [-0.25, -0.2) is 8.42 Å². The van der Waals surface area contributed by atoms with Crippen LogP contribution in [0.15, 0.2) is 0 Å². The second-order valence-electron chi connectivity index (χ2n) is 3.88. The highest BCUT2D eigenvalue weighted by Gasteiger charge is 2.30. The van der Waals surface area contributed by atoms with E-state index >= 15 is 0 Å². The maximum Gasteiger partial charge on any atom is 0.175 e. The molecule has 14 heavy (non-hydrogen) atoms. The maximum absolute atomic E-state index is 10.7.